The number of nitrogens with zero attached hydrogens (tertiary/aromatic N) is 2. The van der Waals surface area contributed by atoms with Gasteiger partial charge in [-0.15, -0.1) is 0 Å². The van der Waals surface area contributed by atoms with Crippen molar-refractivity contribution in [1.29, 1.82) is 5.26 Å². The Morgan fingerprint density at radius 2 is 1.71 bits per heavy atom. The van der Waals surface area contributed by atoms with Crippen molar-refractivity contribution in [2.75, 3.05) is 0 Å². The zero-order valence-electron chi connectivity index (χ0n) is 12.8. The van der Waals surface area contributed by atoms with Crippen molar-refractivity contribution in [1.82, 2.24) is 4.57 Å². The Kier molecular flexibility index (Phi) is 2.49. The minimum atomic E-state index is 0.00365. The van der Waals surface area contributed by atoms with Gasteiger partial charge in [-0.3, -0.25) is 4.79 Å². The van der Waals surface area contributed by atoms with E-state index >= 15 is 0 Å². The summed E-state index contributed by atoms with van der Waals surface area (Å²) in [5.74, 6) is 0. The lowest BCUT2D eigenvalue weighted by Crippen LogP contribution is -2.24. The van der Waals surface area contributed by atoms with Gasteiger partial charge in [0.2, 0.25) is 0 Å². The summed E-state index contributed by atoms with van der Waals surface area (Å²) in [6.07, 6.45) is 0. The van der Waals surface area contributed by atoms with Gasteiger partial charge < -0.3 is 4.57 Å². The van der Waals surface area contributed by atoms with E-state index in [9.17, 15) is 10.1 Å². The van der Waals surface area contributed by atoms with E-state index in [4.69, 9.17) is 0 Å². The van der Waals surface area contributed by atoms with Crippen LogP contribution in [0, 0.1) is 11.3 Å². The highest BCUT2D eigenvalue weighted by Gasteiger charge is 2.21. The molecule has 0 saturated carbocycles. The lowest BCUT2D eigenvalue weighted by Gasteiger charge is -2.23. The SMILES string of the molecule is N#Cc1ccc2c(=O)n3c4c(cccc4c2c1)-c1ccccc1C3. The van der Waals surface area contributed by atoms with Crippen LogP contribution in [0.25, 0.3) is 32.8 Å². The fraction of sp³-hybridized carbons (Fsp3) is 0.0476. The molecule has 0 radical (unpaired) electrons. The zero-order valence-corrected chi connectivity index (χ0v) is 12.8. The van der Waals surface area contributed by atoms with Crippen molar-refractivity contribution in [2.45, 2.75) is 6.54 Å². The molecule has 0 amide bonds. The number of hydrogen-bond donors (Lipinski definition) is 0. The molecule has 2 heterocycles. The van der Waals surface area contributed by atoms with Crippen LogP contribution in [-0.2, 0) is 6.54 Å². The smallest absolute Gasteiger partial charge is 0.259 e. The topological polar surface area (TPSA) is 45.8 Å². The molecule has 3 aromatic carbocycles. The van der Waals surface area contributed by atoms with Crippen LogP contribution in [-0.4, -0.2) is 4.57 Å². The highest BCUT2D eigenvalue weighted by Crippen LogP contribution is 2.37. The number of fused-ring (bicyclic) bond motifs is 4. The molecule has 0 N–H and O–H groups in total. The minimum absolute atomic E-state index is 0.00365. The summed E-state index contributed by atoms with van der Waals surface area (Å²) in [5, 5.41) is 11.7. The van der Waals surface area contributed by atoms with E-state index in [2.05, 4.69) is 24.3 Å². The molecule has 0 spiro atoms. The molecule has 5 rings (SSSR count). The van der Waals surface area contributed by atoms with Crippen molar-refractivity contribution < 1.29 is 0 Å². The van der Waals surface area contributed by atoms with E-state index in [0.717, 1.165) is 27.4 Å². The van der Waals surface area contributed by atoms with Crippen LogP contribution in [0.15, 0.2) is 65.5 Å². The van der Waals surface area contributed by atoms with E-state index < -0.39 is 0 Å². The van der Waals surface area contributed by atoms with Gasteiger partial charge in [-0.1, -0.05) is 42.5 Å². The first-order valence-corrected chi connectivity index (χ1v) is 7.85. The summed E-state index contributed by atoms with van der Waals surface area (Å²) in [6, 6.07) is 21.8. The van der Waals surface area contributed by atoms with Crippen LogP contribution >= 0.6 is 0 Å². The molecular weight excluding hydrogens is 296 g/mol. The Morgan fingerprint density at radius 1 is 0.875 bits per heavy atom. The molecule has 24 heavy (non-hydrogen) atoms. The van der Waals surface area contributed by atoms with Crippen molar-refractivity contribution >= 4 is 21.7 Å². The van der Waals surface area contributed by atoms with Gasteiger partial charge in [0.15, 0.2) is 0 Å². The van der Waals surface area contributed by atoms with Crippen molar-refractivity contribution in [3.63, 3.8) is 0 Å². The van der Waals surface area contributed by atoms with E-state index in [0.29, 0.717) is 17.5 Å². The molecule has 0 saturated heterocycles. The number of nitriles is 1. The first kappa shape index (κ1) is 13.1. The maximum Gasteiger partial charge on any atom is 0.259 e. The Bertz CT molecular complexity index is 1260. The normalized spacial score (nSPS) is 12.1. The van der Waals surface area contributed by atoms with Crippen LogP contribution in [0.4, 0.5) is 0 Å². The van der Waals surface area contributed by atoms with Crippen molar-refractivity contribution in [2.24, 2.45) is 0 Å². The molecule has 1 aromatic heterocycles. The third-order valence-corrected chi connectivity index (χ3v) is 4.86. The van der Waals surface area contributed by atoms with E-state index in [1.807, 2.05) is 34.9 Å². The number of hydrogen-bond acceptors (Lipinski definition) is 2. The quantitative estimate of drug-likeness (QED) is 0.405. The largest absolute Gasteiger partial charge is 0.303 e. The first-order chi connectivity index (χ1) is 11.8. The second kappa shape index (κ2) is 4.56. The van der Waals surface area contributed by atoms with Crippen LogP contribution in [0.5, 0.6) is 0 Å². The van der Waals surface area contributed by atoms with Gasteiger partial charge in [0, 0.05) is 16.3 Å². The maximum atomic E-state index is 13.0. The second-order valence-electron chi connectivity index (χ2n) is 6.12. The molecule has 4 aromatic rings. The Balaban J connectivity index is 2.06. The predicted molar refractivity (Wildman–Crippen MR) is 95.0 cm³/mol. The van der Waals surface area contributed by atoms with Crippen LogP contribution < -0.4 is 5.56 Å². The molecule has 0 atom stereocenters. The van der Waals surface area contributed by atoms with E-state index in [1.165, 1.54) is 5.56 Å². The van der Waals surface area contributed by atoms with Gasteiger partial charge in [0.05, 0.1) is 23.7 Å². The fourth-order valence-electron chi connectivity index (χ4n) is 3.78. The molecule has 0 unspecified atom stereocenters. The first-order valence-electron chi connectivity index (χ1n) is 7.85. The van der Waals surface area contributed by atoms with Gasteiger partial charge in [-0.2, -0.15) is 5.26 Å². The molecule has 3 heteroatoms. The molecule has 1 aliphatic heterocycles. The third-order valence-electron chi connectivity index (χ3n) is 4.86. The van der Waals surface area contributed by atoms with Crippen LogP contribution in [0.2, 0.25) is 0 Å². The number of para-hydroxylation sites is 1. The molecule has 1 aliphatic rings. The minimum Gasteiger partial charge on any atom is -0.303 e. The Labute approximate surface area is 138 Å². The van der Waals surface area contributed by atoms with Crippen molar-refractivity contribution in [3.8, 4) is 17.2 Å². The molecule has 112 valence electrons. The van der Waals surface area contributed by atoms with Crippen molar-refractivity contribution in [3.05, 3.63) is 82.1 Å². The van der Waals surface area contributed by atoms with Gasteiger partial charge >= 0.3 is 0 Å². The van der Waals surface area contributed by atoms with E-state index in [1.54, 1.807) is 12.1 Å². The van der Waals surface area contributed by atoms with Gasteiger partial charge in [0.25, 0.3) is 5.56 Å². The summed E-state index contributed by atoms with van der Waals surface area (Å²) in [6.45, 7) is 0.582. The summed E-state index contributed by atoms with van der Waals surface area (Å²) in [7, 11) is 0. The Morgan fingerprint density at radius 3 is 2.58 bits per heavy atom. The summed E-state index contributed by atoms with van der Waals surface area (Å²) in [5.41, 5.74) is 4.96. The molecule has 3 nitrogen and oxygen atoms in total. The average Bonchev–Trinajstić information content (AvgIpc) is 2.65. The summed E-state index contributed by atoms with van der Waals surface area (Å²) < 4.78 is 1.86. The molecule has 0 aliphatic carbocycles. The average molecular weight is 308 g/mol. The Hall–Kier alpha value is -3.38. The zero-order chi connectivity index (χ0) is 16.3. The number of rotatable bonds is 0. The third kappa shape index (κ3) is 1.57. The number of aromatic nitrogens is 1. The predicted octanol–water partition coefficient (Wildman–Crippen LogP) is 4.06. The van der Waals surface area contributed by atoms with Gasteiger partial charge in [-0.05, 0) is 34.7 Å². The fourth-order valence-corrected chi connectivity index (χ4v) is 3.78. The highest BCUT2D eigenvalue weighted by molar-refractivity contribution is 6.11. The highest BCUT2D eigenvalue weighted by atomic mass is 16.1. The maximum absolute atomic E-state index is 13.0. The monoisotopic (exact) mass is 308 g/mol. The number of pyridine rings is 1. The lowest BCUT2D eigenvalue weighted by atomic mass is 9.92. The molecule has 0 bridgehead atoms. The van der Waals surface area contributed by atoms with Gasteiger partial charge in [0.1, 0.15) is 0 Å². The van der Waals surface area contributed by atoms with Gasteiger partial charge in [-0.25, -0.2) is 0 Å². The molecular formula is C21H12N2O. The summed E-state index contributed by atoms with van der Waals surface area (Å²) in [4.78, 5) is 13.0. The van der Waals surface area contributed by atoms with E-state index in [-0.39, 0.29) is 5.56 Å². The standard InChI is InChI=1S/C21H12N2O/c22-11-13-8-9-18-19(10-13)17-7-3-6-16-15-5-2-1-4-14(15)12-23(20(16)17)21(18)24/h1-10H,12H2. The summed E-state index contributed by atoms with van der Waals surface area (Å²) >= 11 is 0. The lowest BCUT2D eigenvalue weighted by molar-refractivity contribution is 0.795. The van der Waals surface area contributed by atoms with Crippen LogP contribution in [0.1, 0.15) is 11.1 Å². The molecule has 0 fully saturated rings. The number of benzene rings is 3. The second-order valence-corrected chi connectivity index (χ2v) is 6.12. The van der Waals surface area contributed by atoms with Crippen LogP contribution in [0.3, 0.4) is 0 Å².